The molecule has 1 aromatic carbocycles. The van der Waals surface area contributed by atoms with E-state index in [1.54, 1.807) is 43.6 Å². The van der Waals surface area contributed by atoms with E-state index in [-0.39, 0.29) is 5.91 Å². The van der Waals surface area contributed by atoms with Gasteiger partial charge in [0.15, 0.2) is 0 Å². The average molecular weight is 322 g/mol. The number of rotatable bonds is 3. The highest BCUT2D eigenvalue weighted by molar-refractivity contribution is 5.94. The number of nitrogens with zero attached hydrogens (tertiary/aromatic N) is 4. The van der Waals surface area contributed by atoms with Crippen LogP contribution in [0.1, 0.15) is 16.1 Å². The minimum absolute atomic E-state index is 0.0373. The monoisotopic (exact) mass is 322 g/mol. The molecule has 0 aliphatic carbocycles. The number of hydrogen-bond acceptors (Lipinski definition) is 5. The molecular formula is C18H18N4O2. The Balaban J connectivity index is 1.61. The molecule has 0 unspecified atom stereocenters. The van der Waals surface area contributed by atoms with E-state index < -0.39 is 0 Å². The normalized spacial score (nSPS) is 14.2. The van der Waals surface area contributed by atoms with Crippen molar-refractivity contribution in [1.29, 1.82) is 5.26 Å². The Morgan fingerprint density at radius 1 is 1.12 bits per heavy atom. The summed E-state index contributed by atoms with van der Waals surface area (Å²) >= 11 is 0. The van der Waals surface area contributed by atoms with Gasteiger partial charge in [-0.15, -0.1) is 0 Å². The van der Waals surface area contributed by atoms with E-state index >= 15 is 0 Å². The Morgan fingerprint density at radius 2 is 1.83 bits per heavy atom. The number of carbonyl (C=O) groups is 1. The van der Waals surface area contributed by atoms with Crippen LogP contribution in [0.5, 0.6) is 5.75 Å². The maximum Gasteiger partial charge on any atom is 0.253 e. The van der Waals surface area contributed by atoms with Crippen molar-refractivity contribution in [3.63, 3.8) is 0 Å². The van der Waals surface area contributed by atoms with E-state index in [0.717, 1.165) is 24.5 Å². The second-order valence-corrected chi connectivity index (χ2v) is 5.52. The van der Waals surface area contributed by atoms with Crippen LogP contribution < -0.4 is 9.64 Å². The number of pyridine rings is 1. The zero-order valence-electron chi connectivity index (χ0n) is 13.5. The minimum Gasteiger partial charge on any atom is -0.497 e. The summed E-state index contributed by atoms with van der Waals surface area (Å²) in [6.07, 6.45) is 1.71. The van der Waals surface area contributed by atoms with Crippen molar-refractivity contribution >= 4 is 11.6 Å². The van der Waals surface area contributed by atoms with Crippen molar-refractivity contribution in [3.8, 4) is 11.8 Å². The predicted molar refractivity (Wildman–Crippen MR) is 90.1 cm³/mol. The third kappa shape index (κ3) is 3.30. The molecule has 1 saturated heterocycles. The summed E-state index contributed by atoms with van der Waals surface area (Å²) in [6, 6.07) is 12.8. The van der Waals surface area contributed by atoms with Gasteiger partial charge in [-0.05, 0) is 36.4 Å². The summed E-state index contributed by atoms with van der Waals surface area (Å²) in [4.78, 5) is 20.7. The summed E-state index contributed by atoms with van der Waals surface area (Å²) in [6.45, 7) is 2.81. The van der Waals surface area contributed by atoms with Gasteiger partial charge >= 0.3 is 0 Å². The Morgan fingerprint density at radius 3 is 2.38 bits per heavy atom. The average Bonchev–Trinajstić information content (AvgIpc) is 2.68. The third-order valence-electron chi connectivity index (χ3n) is 4.13. The van der Waals surface area contributed by atoms with E-state index in [4.69, 9.17) is 10.00 Å². The zero-order valence-corrected chi connectivity index (χ0v) is 13.5. The van der Waals surface area contributed by atoms with Crippen LogP contribution in [0.3, 0.4) is 0 Å². The van der Waals surface area contributed by atoms with Crippen LogP contribution in [0, 0.1) is 11.3 Å². The summed E-state index contributed by atoms with van der Waals surface area (Å²) in [5.41, 5.74) is 2.06. The van der Waals surface area contributed by atoms with Gasteiger partial charge in [0.05, 0.1) is 19.0 Å². The number of anilines is 1. The molecule has 0 bridgehead atoms. The molecule has 1 fully saturated rings. The minimum atomic E-state index is 0.0373. The number of benzene rings is 1. The van der Waals surface area contributed by atoms with Crippen molar-refractivity contribution in [2.75, 3.05) is 38.2 Å². The second kappa shape index (κ2) is 7.01. The number of nitriles is 1. The van der Waals surface area contributed by atoms with Gasteiger partial charge in [0.25, 0.3) is 5.91 Å². The molecule has 6 heteroatoms. The lowest BCUT2D eigenvalue weighted by molar-refractivity contribution is 0.0746. The number of amides is 1. The Kier molecular flexibility index (Phi) is 4.62. The van der Waals surface area contributed by atoms with Crippen molar-refractivity contribution in [1.82, 2.24) is 9.88 Å². The topological polar surface area (TPSA) is 69.5 Å². The van der Waals surface area contributed by atoms with E-state index in [1.807, 2.05) is 17.0 Å². The van der Waals surface area contributed by atoms with Gasteiger partial charge in [-0.3, -0.25) is 4.79 Å². The second-order valence-electron chi connectivity index (χ2n) is 5.52. The van der Waals surface area contributed by atoms with Gasteiger partial charge in [0, 0.05) is 31.7 Å². The first-order valence-corrected chi connectivity index (χ1v) is 7.75. The molecule has 0 N–H and O–H groups in total. The smallest absolute Gasteiger partial charge is 0.253 e. The van der Waals surface area contributed by atoms with E-state index in [9.17, 15) is 4.79 Å². The van der Waals surface area contributed by atoms with Crippen molar-refractivity contribution in [2.45, 2.75) is 0 Å². The number of carbonyl (C=O) groups excluding carboxylic acids is 1. The standard InChI is InChI=1S/C18H18N4O2/c1-24-17-6-2-14(3-7-17)18(23)22-10-8-21(9-11-22)16-5-4-15(12-19)20-13-16/h2-7,13H,8-11H2,1H3. The summed E-state index contributed by atoms with van der Waals surface area (Å²) in [5, 5.41) is 8.80. The van der Waals surface area contributed by atoms with Crippen LogP contribution in [0.15, 0.2) is 42.6 Å². The number of piperazine rings is 1. The van der Waals surface area contributed by atoms with Gasteiger partial charge in [-0.25, -0.2) is 4.98 Å². The van der Waals surface area contributed by atoms with E-state index in [0.29, 0.717) is 24.3 Å². The summed E-state index contributed by atoms with van der Waals surface area (Å²) in [7, 11) is 1.61. The first kappa shape index (κ1) is 15.8. The lowest BCUT2D eigenvalue weighted by atomic mass is 10.1. The summed E-state index contributed by atoms with van der Waals surface area (Å²) in [5.74, 6) is 0.778. The maximum absolute atomic E-state index is 12.5. The van der Waals surface area contributed by atoms with E-state index in [2.05, 4.69) is 9.88 Å². The summed E-state index contributed by atoms with van der Waals surface area (Å²) < 4.78 is 5.12. The Hall–Kier alpha value is -3.07. The van der Waals surface area contributed by atoms with Crippen LogP contribution >= 0.6 is 0 Å². The highest BCUT2D eigenvalue weighted by atomic mass is 16.5. The fraction of sp³-hybridized carbons (Fsp3) is 0.278. The van der Waals surface area contributed by atoms with Gasteiger partial charge in [0.1, 0.15) is 17.5 Å². The van der Waals surface area contributed by atoms with Gasteiger partial charge in [0.2, 0.25) is 0 Å². The molecule has 1 amide bonds. The van der Waals surface area contributed by atoms with Gasteiger partial charge < -0.3 is 14.5 Å². The first-order valence-electron chi connectivity index (χ1n) is 7.75. The first-order chi connectivity index (χ1) is 11.7. The molecule has 1 aliphatic rings. The van der Waals surface area contributed by atoms with Crippen LogP contribution in [0.4, 0.5) is 5.69 Å². The number of aromatic nitrogens is 1. The molecule has 3 rings (SSSR count). The van der Waals surface area contributed by atoms with Crippen LogP contribution in [-0.4, -0.2) is 49.1 Å². The van der Waals surface area contributed by atoms with Crippen molar-refractivity contribution in [3.05, 3.63) is 53.9 Å². The fourth-order valence-electron chi connectivity index (χ4n) is 2.72. The number of ether oxygens (including phenoxy) is 1. The molecule has 2 aromatic rings. The number of methoxy groups -OCH3 is 1. The van der Waals surface area contributed by atoms with Crippen molar-refractivity contribution in [2.24, 2.45) is 0 Å². The molecule has 122 valence electrons. The van der Waals surface area contributed by atoms with E-state index in [1.165, 1.54) is 0 Å². The fourth-order valence-corrected chi connectivity index (χ4v) is 2.72. The Labute approximate surface area is 140 Å². The predicted octanol–water partition coefficient (Wildman–Crippen LogP) is 1.92. The molecule has 1 aromatic heterocycles. The molecule has 0 saturated carbocycles. The number of hydrogen-bond donors (Lipinski definition) is 0. The molecule has 6 nitrogen and oxygen atoms in total. The zero-order chi connectivity index (χ0) is 16.9. The van der Waals surface area contributed by atoms with Crippen LogP contribution in [-0.2, 0) is 0 Å². The van der Waals surface area contributed by atoms with Crippen molar-refractivity contribution < 1.29 is 9.53 Å². The highest BCUT2D eigenvalue weighted by Gasteiger charge is 2.22. The molecule has 1 aliphatic heterocycles. The molecule has 0 radical (unpaired) electrons. The molecule has 2 heterocycles. The third-order valence-corrected chi connectivity index (χ3v) is 4.13. The quantitative estimate of drug-likeness (QED) is 0.863. The molecular weight excluding hydrogens is 304 g/mol. The lowest BCUT2D eigenvalue weighted by Gasteiger charge is -2.36. The molecule has 24 heavy (non-hydrogen) atoms. The van der Waals surface area contributed by atoms with Crippen LogP contribution in [0.25, 0.3) is 0 Å². The highest BCUT2D eigenvalue weighted by Crippen LogP contribution is 2.18. The van der Waals surface area contributed by atoms with Gasteiger partial charge in [-0.1, -0.05) is 0 Å². The van der Waals surface area contributed by atoms with Crippen LogP contribution in [0.2, 0.25) is 0 Å². The largest absolute Gasteiger partial charge is 0.497 e. The lowest BCUT2D eigenvalue weighted by Crippen LogP contribution is -2.48. The SMILES string of the molecule is COc1ccc(C(=O)N2CCN(c3ccc(C#N)nc3)CC2)cc1. The molecule has 0 spiro atoms. The van der Waals surface area contributed by atoms with Gasteiger partial charge in [-0.2, -0.15) is 5.26 Å². The molecule has 0 atom stereocenters. The Bertz CT molecular complexity index is 742. The maximum atomic E-state index is 12.5.